The molecule has 1 amide bonds. The lowest BCUT2D eigenvalue weighted by Gasteiger charge is -2.31. The molecule has 2 fully saturated rings. The van der Waals surface area contributed by atoms with Gasteiger partial charge in [0.15, 0.2) is 0 Å². The molecule has 0 radical (unpaired) electrons. The van der Waals surface area contributed by atoms with Gasteiger partial charge >= 0.3 is 0 Å². The van der Waals surface area contributed by atoms with Crippen LogP contribution in [0.25, 0.3) is 0 Å². The Hall–Kier alpha value is -1.17. The standard InChI is InChI=1S/C20H30FN3O.ClH/c21-18-7-5-17(6-8-18)9-13-23(19-3-1-2-4-19)14-10-20(25)24-15-11-22-12-16-24;/h5-8,19,22H,1-4,9-16H2;1H. The van der Waals surface area contributed by atoms with Crippen molar-refractivity contribution >= 4 is 18.3 Å². The van der Waals surface area contributed by atoms with Gasteiger partial charge in [0.2, 0.25) is 5.91 Å². The smallest absolute Gasteiger partial charge is 0.223 e. The maximum absolute atomic E-state index is 13.1. The lowest BCUT2D eigenvalue weighted by molar-refractivity contribution is -0.132. The first-order valence-electron chi connectivity index (χ1n) is 9.69. The zero-order valence-corrected chi connectivity index (χ0v) is 16.3. The highest BCUT2D eigenvalue weighted by Gasteiger charge is 2.24. The topological polar surface area (TPSA) is 35.6 Å². The summed E-state index contributed by atoms with van der Waals surface area (Å²) in [5.41, 5.74) is 1.16. The van der Waals surface area contributed by atoms with Crippen LogP contribution in [0, 0.1) is 5.82 Å². The van der Waals surface area contributed by atoms with Crippen molar-refractivity contribution in [2.75, 3.05) is 39.3 Å². The van der Waals surface area contributed by atoms with Crippen LogP contribution >= 0.6 is 12.4 Å². The summed E-state index contributed by atoms with van der Waals surface area (Å²) >= 11 is 0. The third-order valence-electron chi connectivity index (χ3n) is 5.52. The molecule has 0 bridgehead atoms. The van der Waals surface area contributed by atoms with Gasteiger partial charge in [0.05, 0.1) is 0 Å². The van der Waals surface area contributed by atoms with E-state index in [9.17, 15) is 9.18 Å². The number of halogens is 2. The highest BCUT2D eigenvalue weighted by atomic mass is 35.5. The minimum Gasteiger partial charge on any atom is -0.340 e. The number of carbonyl (C=O) groups is 1. The van der Waals surface area contributed by atoms with E-state index in [2.05, 4.69) is 10.2 Å². The van der Waals surface area contributed by atoms with Crippen LogP contribution in [0.3, 0.4) is 0 Å². The van der Waals surface area contributed by atoms with E-state index < -0.39 is 0 Å². The second kappa shape index (κ2) is 10.9. The van der Waals surface area contributed by atoms with Crippen LogP contribution in [0.4, 0.5) is 4.39 Å². The number of hydrogen-bond acceptors (Lipinski definition) is 3. The molecule has 1 heterocycles. The van der Waals surface area contributed by atoms with Crippen molar-refractivity contribution in [3.05, 3.63) is 35.6 Å². The van der Waals surface area contributed by atoms with Gasteiger partial charge in [-0.25, -0.2) is 4.39 Å². The molecule has 1 aromatic carbocycles. The van der Waals surface area contributed by atoms with Crippen molar-refractivity contribution in [2.45, 2.75) is 44.6 Å². The third kappa shape index (κ3) is 6.22. The van der Waals surface area contributed by atoms with E-state index in [0.717, 1.165) is 51.3 Å². The first-order chi connectivity index (χ1) is 12.2. The Morgan fingerprint density at radius 1 is 1.12 bits per heavy atom. The summed E-state index contributed by atoms with van der Waals surface area (Å²) in [4.78, 5) is 16.9. The number of hydrogen-bond donors (Lipinski definition) is 1. The fourth-order valence-corrected chi connectivity index (χ4v) is 3.98. The van der Waals surface area contributed by atoms with Crippen molar-refractivity contribution in [1.29, 1.82) is 0 Å². The number of nitrogens with zero attached hydrogens (tertiary/aromatic N) is 2. The summed E-state index contributed by atoms with van der Waals surface area (Å²) in [7, 11) is 0. The van der Waals surface area contributed by atoms with Gasteiger partial charge in [-0.3, -0.25) is 9.69 Å². The summed E-state index contributed by atoms with van der Waals surface area (Å²) in [5.74, 6) is 0.101. The second-order valence-corrected chi connectivity index (χ2v) is 7.23. The predicted octanol–water partition coefficient (Wildman–Crippen LogP) is 2.86. The van der Waals surface area contributed by atoms with E-state index >= 15 is 0 Å². The summed E-state index contributed by atoms with van der Waals surface area (Å²) < 4.78 is 13.1. The minimum atomic E-state index is -0.182. The predicted molar refractivity (Wildman–Crippen MR) is 105 cm³/mol. The van der Waals surface area contributed by atoms with Crippen molar-refractivity contribution in [3.63, 3.8) is 0 Å². The van der Waals surface area contributed by atoms with Crippen LogP contribution in [0.5, 0.6) is 0 Å². The normalized spacial score (nSPS) is 18.2. The fourth-order valence-electron chi connectivity index (χ4n) is 3.98. The highest BCUT2D eigenvalue weighted by molar-refractivity contribution is 5.85. The zero-order valence-electron chi connectivity index (χ0n) is 15.5. The second-order valence-electron chi connectivity index (χ2n) is 7.23. The molecule has 0 unspecified atom stereocenters. The molecule has 0 aromatic heterocycles. The molecule has 1 aliphatic heterocycles. The third-order valence-corrected chi connectivity index (χ3v) is 5.52. The fraction of sp³-hybridized carbons (Fsp3) is 0.650. The van der Waals surface area contributed by atoms with Crippen molar-refractivity contribution in [1.82, 2.24) is 15.1 Å². The van der Waals surface area contributed by atoms with Gasteiger partial charge in [0, 0.05) is 51.7 Å². The lowest BCUT2D eigenvalue weighted by Crippen LogP contribution is -2.47. The summed E-state index contributed by atoms with van der Waals surface area (Å²) in [6, 6.07) is 7.41. The van der Waals surface area contributed by atoms with E-state index in [1.807, 2.05) is 17.0 Å². The van der Waals surface area contributed by atoms with Gasteiger partial charge < -0.3 is 10.2 Å². The molecule has 26 heavy (non-hydrogen) atoms. The molecule has 1 saturated heterocycles. The largest absolute Gasteiger partial charge is 0.340 e. The van der Waals surface area contributed by atoms with Gasteiger partial charge in [-0.15, -0.1) is 12.4 Å². The van der Waals surface area contributed by atoms with Gasteiger partial charge in [-0.05, 0) is 37.0 Å². The average Bonchev–Trinajstić information content (AvgIpc) is 3.18. The molecule has 0 spiro atoms. The van der Waals surface area contributed by atoms with Gasteiger partial charge in [-0.1, -0.05) is 25.0 Å². The molecule has 6 heteroatoms. The maximum atomic E-state index is 13.1. The molecular weight excluding hydrogens is 353 g/mol. The molecule has 146 valence electrons. The average molecular weight is 384 g/mol. The van der Waals surface area contributed by atoms with Crippen LogP contribution in [0.15, 0.2) is 24.3 Å². The van der Waals surface area contributed by atoms with Crippen molar-refractivity contribution in [2.24, 2.45) is 0 Å². The Morgan fingerprint density at radius 3 is 2.42 bits per heavy atom. The number of rotatable bonds is 7. The Morgan fingerprint density at radius 2 is 1.77 bits per heavy atom. The van der Waals surface area contributed by atoms with Crippen LogP contribution in [0.2, 0.25) is 0 Å². The molecule has 3 rings (SSSR count). The monoisotopic (exact) mass is 383 g/mol. The Balaban J connectivity index is 0.00000243. The van der Waals surface area contributed by atoms with Gasteiger partial charge in [0.1, 0.15) is 5.82 Å². The van der Waals surface area contributed by atoms with Crippen molar-refractivity contribution in [3.8, 4) is 0 Å². The molecular formula is C20H31ClFN3O. The molecule has 0 atom stereocenters. The van der Waals surface area contributed by atoms with Crippen LogP contribution in [-0.2, 0) is 11.2 Å². The maximum Gasteiger partial charge on any atom is 0.223 e. The minimum absolute atomic E-state index is 0. The Labute approximate surface area is 162 Å². The van der Waals surface area contributed by atoms with Crippen LogP contribution < -0.4 is 5.32 Å². The number of nitrogens with one attached hydrogen (secondary N) is 1. The van der Waals surface area contributed by atoms with Gasteiger partial charge in [-0.2, -0.15) is 0 Å². The summed E-state index contributed by atoms with van der Waals surface area (Å²) in [6.07, 6.45) is 6.60. The Kier molecular flexibility index (Phi) is 8.82. The summed E-state index contributed by atoms with van der Waals surface area (Å²) in [5, 5.41) is 3.29. The van der Waals surface area contributed by atoms with Gasteiger partial charge in [0.25, 0.3) is 0 Å². The molecule has 1 aromatic rings. The van der Waals surface area contributed by atoms with E-state index in [-0.39, 0.29) is 24.1 Å². The number of piperazine rings is 1. The Bertz CT molecular complexity index is 542. The van der Waals surface area contributed by atoms with E-state index in [1.54, 1.807) is 0 Å². The highest BCUT2D eigenvalue weighted by Crippen LogP contribution is 2.24. The number of amides is 1. The van der Waals surface area contributed by atoms with E-state index in [0.29, 0.717) is 12.5 Å². The number of carbonyl (C=O) groups excluding carboxylic acids is 1. The molecule has 1 N–H and O–H groups in total. The van der Waals surface area contributed by atoms with Crippen molar-refractivity contribution < 1.29 is 9.18 Å². The van der Waals surface area contributed by atoms with E-state index in [4.69, 9.17) is 0 Å². The SMILES string of the molecule is Cl.O=C(CCN(CCc1ccc(F)cc1)C1CCCC1)N1CCNCC1. The first kappa shape index (κ1) is 21.1. The number of benzene rings is 1. The molecule has 1 aliphatic carbocycles. The summed E-state index contributed by atoms with van der Waals surface area (Å²) in [6.45, 7) is 5.26. The lowest BCUT2D eigenvalue weighted by atomic mass is 10.1. The molecule has 1 saturated carbocycles. The molecule has 2 aliphatic rings. The molecule has 4 nitrogen and oxygen atoms in total. The first-order valence-corrected chi connectivity index (χ1v) is 9.69. The quantitative estimate of drug-likeness (QED) is 0.786. The zero-order chi connectivity index (χ0) is 17.5. The van der Waals surface area contributed by atoms with Crippen LogP contribution in [-0.4, -0.2) is 61.0 Å². The van der Waals surface area contributed by atoms with Crippen LogP contribution in [0.1, 0.15) is 37.7 Å². The van der Waals surface area contributed by atoms with E-state index in [1.165, 1.54) is 37.8 Å².